The molecule has 1 unspecified atom stereocenters. The summed E-state index contributed by atoms with van der Waals surface area (Å²) in [5.41, 5.74) is 0.307. The fraction of sp³-hybridized carbons (Fsp3) is 0.308. The quantitative estimate of drug-likeness (QED) is 0.671. The van der Waals surface area contributed by atoms with Crippen LogP contribution in [0.15, 0.2) is 24.3 Å². The maximum Gasteiger partial charge on any atom is 0.328 e. The summed E-state index contributed by atoms with van der Waals surface area (Å²) in [7, 11) is 1.32. The molecule has 1 aromatic rings. The van der Waals surface area contributed by atoms with Crippen molar-refractivity contribution in [2.45, 2.75) is 6.04 Å². The van der Waals surface area contributed by atoms with Crippen molar-refractivity contribution < 1.29 is 24.2 Å². The van der Waals surface area contributed by atoms with Crippen LogP contribution < -0.4 is 10.6 Å². The molecule has 0 saturated heterocycles. The van der Waals surface area contributed by atoms with E-state index in [2.05, 4.69) is 15.4 Å². The van der Waals surface area contributed by atoms with E-state index in [4.69, 9.17) is 16.7 Å². The van der Waals surface area contributed by atoms with Crippen LogP contribution in [0.25, 0.3) is 0 Å². The minimum atomic E-state index is -1.22. The van der Waals surface area contributed by atoms with Gasteiger partial charge < -0.3 is 20.5 Å². The third kappa shape index (κ3) is 5.80. The lowest BCUT2D eigenvalue weighted by Gasteiger charge is -2.13. The predicted octanol–water partition coefficient (Wildman–Crippen LogP) is 0.286. The van der Waals surface area contributed by atoms with Crippen LogP contribution in [0.1, 0.15) is 10.4 Å². The van der Waals surface area contributed by atoms with Gasteiger partial charge in [0.15, 0.2) is 6.04 Å². The van der Waals surface area contributed by atoms with Crippen molar-refractivity contribution in [3.05, 3.63) is 34.9 Å². The van der Waals surface area contributed by atoms with Gasteiger partial charge in [0.05, 0.1) is 13.2 Å². The summed E-state index contributed by atoms with van der Waals surface area (Å²) in [5, 5.41) is 13.8. The Hall–Kier alpha value is -2.12. The van der Waals surface area contributed by atoms with E-state index in [-0.39, 0.29) is 13.2 Å². The van der Waals surface area contributed by atoms with Crippen molar-refractivity contribution in [1.29, 1.82) is 0 Å². The molecule has 0 fully saturated rings. The number of amides is 2. The number of rotatable bonds is 7. The molecule has 2 amide bonds. The summed E-state index contributed by atoms with van der Waals surface area (Å²) in [6.07, 6.45) is 0. The first-order chi connectivity index (χ1) is 9.93. The summed E-state index contributed by atoms with van der Waals surface area (Å²) in [6.45, 7) is -0.512. The molecule has 0 bridgehead atoms. The third-order valence-electron chi connectivity index (χ3n) is 2.46. The zero-order valence-electron chi connectivity index (χ0n) is 11.3. The largest absolute Gasteiger partial charge is 0.480 e. The molecule has 0 radical (unpaired) electrons. The number of halogens is 1. The van der Waals surface area contributed by atoms with Gasteiger partial charge in [0, 0.05) is 17.7 Å². The van der Waals surface area contributed by atoms with Crippen LogP contribution >= 0.6 is 11.6 Å². The van der Waals surface area contributed by atoms with Gasteiger partial charge in [-0.15, -0.1) is 0 Å². The molecule has 0 aliphatic rings. The smallest absolute Gasteiger partial charge is 0.328 e. The molecule has 21 heavy (non-hydrogen) atoms. The lowest BCUT2D eigenvalue weighted by atomic mass is 10.2. The van der Waals surface area contributed by atoms with E-state index >= 15 is 0 Å². The fourth-order valence-corrected chi connectivity index (χ4v) is 1.67. The minimum Gasteiger partial charge on any atom is -0.480 e. The molecule has 8 heteroatoms. The van der Waals surface area contributed by atoms with Crippen LogP contribution in [-0.2, 0) is 14.3 Å². The summed E-state index contributed by atoms with van der Waals surface area (Å²) < 4.78 is 4.68. The van der Waals surface area contributed by atoms with Gasteiger partial charge in [-0.1, -0.05) is 17.7 Å². The highest BCUT2D eigenvalue weighted by molar-refractivity contribution is 6.30. The first kappa shape index (κ1) is 16.9. The van der Waals surface area contributed by atoms with E-state index in [1.54, 1.807) is 18.2 Å². The van der Waals surface area contributed by atoms with Gasteiger partial charge in [-0.2, -0.15) is 0 Å². The predicted molar refractivity (Wildman–Crippen MR) is 75.2 cm³/mol. The monoisotopic (exact) mass is 314 g/mol. The highest BCUT2D eigenvalue weighted by Gasteiger charge is 2.19. The van der Waals surface area contributed by atoms with Gasteiger partial charge in [0.2, 0.25) is 5.91 Å². The van der Waals surface area contributed by atoms with E-state index in [9.17, 15) is 14.4 Å². The van der Waals surface area contributed by atoms with Crippen LogP contribution in [0.2, 0.25) is 5.02 Å². The minimum absolute atomic E-state index is 0.163. The van der Waals surface area contributed by atoms with Crippen LogP contribution in [0.5, 0.6) is 0 Å². The van der Waals surface area contributed by atoms with Gasteiger partial charge in [0.1, 0.15) is 0 Å². The number of carbonyl (C=O) groups excluding carboxylic acids is 2. The van der Waals surface area contributed by atoms with Crippen molar-refractivity contribution in [2.24, 2.45) is 0 Å². The Kier molecular flexibility index (Phi) is 6.64. The van der Waals surface area contributed by atoms with E-state index < -0.39 is 23.8 Å². The summed E-state index contributed by atoms with van der Waals surface area (Å²) >= 11 is 5.75. The number of methoxy groups -OCH3 is 1. The number of hydrogen-bond donors (Lipinski definition) is 3. The maximum atomic E-state index is 11.8. The number of ether oxygens (including phenoxy) is 1. The topological polar surface area (TPSA) is 105 Å². The number of hydrogen-bond acceptors (Lipinski definition) is 4. The van der Waals surface area contributed by atoms with Crippen LogP contribution in [0, 0.1) is 0 Å². The van der Waals surface area contributed by atoms with E-state index in [1.165, 1.54) is 13.2 Å². The van der Waals surface area contributed by atoms with E-state index in [0.29, 0.717) is 10.6 Å². The van der Waals surface area contributed by atoms with Gasteiger partial charge in [-0.05, 0) is 18.2 Å². The summed E-state index contributed by atoms with van der Waals surface area (Å²) in [6, 6.07) is 5.07. The first-order valence-corrected chi connectivity index (χ1v) is 6.36. The number of benzene rings is 1. The first-order valence-electron chi connectivity index (χ1n) is 5.99. The standard InChI is InChI=1S/C13H15ClN2O5/c1-21-7-10(13(19)20)16-11(17)6-15-12(18)8-3-2-4-9(14)5-8/h2-5,10H,6-7H2,1H3,(H,15,18)(H,16,17)(H,19,20). The van der Waals surface area contributed by atoms with Crippen molar-refractivity contribution in [1.82, 2.24) is 10.6 Å². The van der Waals surface area contributed by atoms with Crippen molar-refractivity contribution >= 4 is 29.4 Å². The van der Waals surface area contributed by atoms with E-state index in [0.717, 1.165) is 0 Å². The SMILES string of the molecule is COCC(NC(=O)CNC(=O)c1cccc(Cl)c1)C(=O)O. The van der Waals surface area contributed by atoms with Gasteiger partial charge in [-0.3, -0.25) is 9.59 Å². The molecule has 0 aliphatic carbocycles. The lowest BCUT2D eigenvalue weighted by molar-refractivity contribution is -0.143. The van der Waals surface area contributed by atoms with E-state index in [1.807, 2.05) is 0 Å². The maximum absolute atomic E-state index is 11.8. The zero-order chi connectivity index (χ0) is 15.8. The Morgan fingerprint density at radius 2 is 2.10 bits per heavy atom. The highest BCUT2D eigenvalue weighted by atomic mass is 35.5. The average Bonchev–Trinajstić information content (AvgIpc) is 2.44. The molecule has 7 nitrogen and oxygen atoms in total. The molecule has 1 atom stereocenters. The number of aliphatic carboxylic acids is 1. The second-order valence-electron chi connectivity index (χ2n) is 4.11. The molecule has 1 rings (SSSR count). The average molecular weight is 315 g/mol. The Morgan fingerprint density at radius 3 is 2.67 bits per heavy atom. The van der Waals surface area contributed by atoms with Gasteiger partial charge in [0.25, 0.3) is 5.91 Å². The normalized spacial score (nSPS) is 11.5. The molecule has 0 saturated carbocycles. The summed E-state index contributed by atoms with van der Waals surface area (Å²) in [5.74, 6) is -2.33. The Morgan fingerprint density at radius 1 is 1.38 bits per heavy atom. The third-order valence-corrected chi connectivity index (χ3v) is 2.70. The van der Waals surface area contributed by atoms with Gasteiger partial charge in [-0.25, -0.2) is 4.79 Å². The Labute approximate surface area is 126 Å². The molecule has 3 N–H and O–H groups in total. The van der Waals surface area contributed by atoms with Crippen molar-refractivity contribution in [3.8, 4) is 0 Å². The van der Waals surface area contributed by atoms with Crippen molar-refractivity contribution in [3.63, 3.8) is 0 Å². The second-order valence-corrected chi connectivity index (χ2v) is 4.54. The number of carbonyl (C=O) groups is 3. The Balaban J connectivity index is 2.49. The molecular formula is C13H15ClN2O5. The van der Waals surface area contributed by atoms with Crippen LogP contribution in [-0.4, -0.2) is 49.2 Å². The number of carboxylic acid groups (broad SMARTS) is 1. The number of carboxylic acids is 1. The molecule has 114 valence electrons. The number of nitrogens with one attached hydrogen (secondary N) is 2. The highest BCUT2D eigenvalue weighted by Crippen LogP contribution is 2.10. The Bertz CT molecular complexity index is 535. The van der Waals surface area contributed by atoms with Crippen molar-refractivity contribution in [2.75, 3.05) is 20.3 Å². The molecule has 0 spiro atoms. The van der Waals surface area contributed by atoms with Crippen LogP contribution in [0.4, 0.5) is 0 Å². The fourth-order valence-electron chi connectivity index (χ4n) is 1.48. The second kappa shape index (κ2) is 8.23. The molecular weight excluding hydrogens is 300 g/mol. The molecule has 0 heterocycles. The van der Waals surface area contributed by atoms with Crippen LogP contribution in [0.3, 0.4) is 0 Å². The molecule has 1 aromatic carbocycles. The molecule has 0 aromatic heterocycles. The lowest BCUT2D eigenvalue weighted by Crippen LogP contribution is -2.47. The summed E-state index contributed by atoms with van der Waals surface area (Å²) in [4.78, 5) is 34.1. The molecule has 0 aliphatic heterocycles. The zero-order valence-corrected chi connectivity index (χ0v) is 12.0. The van der Waals surface area contributed by atoms with Gasteiger partial charge >= 0.3 is 5.97 Å².